The zero-order chi connectivity index (χ0) is 33.3. The van der Waals surface area contributed by atoms with Crippen molar-refractivity contribution >= 4 is 41.7 Å². The maximum atomic E-state index is 12.2. The van der Waals surface area contributed by atoms with E-state index in [2.05, 4.69) is 5.32 Å². The summed E-state index contributed by atoms with van der Waals surface area (Å²) in [6.07, 6.45) is -14.2. The van der Waals surface area contributed by atoms with E-state index < -0.39 is 116 Å². The molecule has 2 saturated heterocycles. The van der Waals surface area contributed by atoms with Gasteiger partial charge in [-0.25, -0.2) is 0 Å². The highest BCUT2D eigenvalue weighted by Gasteiger charge is 2.56. The zero-order valence-electron chi connectivity index (χ0n) is 25.2. The molecule has 0 aromatic carbocycles. The summed E-state index contributed by atoms with van der Waals surface area (Å²) in [5, 5.41) is 13.1. The Morgan fingerprint density at radius 2 is 1.00 bits per heavy atom. The normalized spacial score (nSPS) is 31.5. The largest absolute Gasteiger partial charge is 0.463 e. The first-order valence-electron chi connectivity index (χ1n) is 13.4. The second-order valence-corrected chi connectivity index (χ2v) is 9.84. The van der Waals surface area contributed by atoms with Gasteiger partial charge in [-0.15, -0.1) is 0 Å². The molecule has 0 radical (unpaired) electrons. The van der Waals surface area contributed by atoms with Crippen LogP contribution in [-0.2, 0) is 76.2 Å². The van der Waals surface area contributed by atoms with Crippen molar-refractivity contribution in [3.05, 3.63) is 0 Å². The van der Waals surface area contributed by atoms with Crippen molar-refractivity contribution in [2.45, 2.75) is 110 Å². The summed E-state index contributed by atoms with van der Waals surface area (Å²) >= 11 is 0. The molecule has 0 bridgehead atoms. The second kappa shape index (κ2) is 16.3. The molecule has 0 aromatic heterocycles. The lowest BCUT2D eigenvalue weighted by Crippen LogP contribution is -2.68. The molecule has 0 aliphatic carbocycles. The van der Waals surface area contributed by atoms with E-state index in [1.54, 1.807) is 0 Å². The van der Waals surface area contributed by atoms with Crippen LogP contribution in [0, 0.1) is 0 Å². The predicted octanol–water partition coefficient (Wildman–Crippen LogP) is -1.83. The Morgan fingerprint density at radius 3 is 1.45 bits per heavy atom. The summed E-state index contributed by atoms with van der Waals surface area (Å²) in [7, 11) is 0. The lowest BCUT2D eigenvalue weighted by Gasteiger charge is -2.48. The molecular formula is C26H37NO17. The van der Waals surface area contributed by atoms with Crippen LogP contribution in [0.1, 0.15) is 48.5 Å². The molecular weight excluding hydrogens is 598 g/mol. The summed E-state index contributed by atoms with van der Waals surface area (Å²) in [5.41, 5.74) is 0. The van der Waals surface area contributed by atoms with Gasteiger partial charge in [-0.05, 0) is 0 Å². The Morgan fingerprint density at radius 1 is 0.568 bits per heavy atom. The van der Waals surface area contributed by atoms with Crippen molar-refractivity contribution in [2.24, 2.45) is 0 Å². The number of aliphatic hydroxyl groups excluding tert-OH is 1. The van der Waals surface area contributed by atoms with Crippen LogP contribution in [0.2, 0.25) is 0 Å². The van der Waals surface area contributed by atoms with Gasteiger partial charge in [0.2, 0.25) is 5.91 Å². The summed E-state index contributed by atoms with van der Waals surface area (Å²) in [6, 6.07) is -1.43. The lowest BCUT2D eigenvalue weighted by molar-refractivity contribution is -0.347. The van der Waals surface area contributed by atoms with Crippen molar-refractivity contribution in [3.63, 3.8) is 0 Å². The minimum absolute atomic E-state index is 0.559. The molecule has 1 amide bonds. The Labute approximate surface area is 251 Å². The van der Waals surface area contributed by atoms with E-state index in [9.17, 15) is 38.7 Å². The molecule has 2 aliphatic rings. The molecule has 18 nitrogen and oxygen atoms in total. The maximum Gasteiger partial charge on any atom is 0.303 e. The minimum atomic E-state index is -1.79. The van der Waals surface area contributed by atoms with E-state index in [4.69, 9.17) is 42.6 Å². The van der Waals surface area contributed by atoms with Gasteiger partial charge in [-0.3, -0.25) is 33.6 Å². The van der Waals surface area contributed by atoms with E-state index in [1.165, 1.54) is 0 Å². The molecule has 2 rings (SSSR count). The topological polar surface area (TPSA) is 235 Å². The van der Waals surface area contributed by atoms with E-state index in [1.807, 2.05) is 0 Å². The number of carbonyl (C=O) groups is 7. The number of hydrogen-bond acceptors (Lipinski definition) is 17. The molecule has 0 unspecified atom stereocenters. The summed E-state index contributed by atoms with van der Waals surface area (Å²) in [4.78, 5) is 83.6. The summed E-state index contributed by atoms with van der Waals surface area (Å²) in [5.74, 6) is -5.68. The third-order valence-corrected chi connectivity index (χ3v) is 6.03. The predicted molar refractivity (Wildman–Crippen MR) is 138 cm³/mol. The quantitative estimate of drug-likeness (QED) is 0.188. The molecule has 248 valence electrons. The van der Waals surface area contributed by atoms with Gasteiger partial charge in [-0.1, -0.05) is 0 Å². The Bertz CT molecular complexity index is 1090. The number of nitrogens with one attached hydrogen (secondary N) is 1. The fourth-order valence-corrected chi connectivity index (χ4v) is 4.59. The summed E-state index contributed by atoms with van der Waals surface area (Å²) < 4.78 is 49.2. The van der Waals surface area contributed by atoms with E-state index in [-0.39, 0.29) is 0 Å². The number of amides is 1. The van der Waals surface area contributed by atoms with Crippen molar-refractivity contribution in [3.8, 4) is 0 Å². The third-order valence-electron chi connectivity index (χ3n) is 6.03. The van der Waals surface area contributed by atoms with Gasteiger partial charge in [-0.2, -0.15) is 0 Å². The first-order chi connectivity index (χ1) is 20.5. The highest BCUT2D eigenvalue weighted by molar-refractivity contribution is 5.73. The monoisotopic (exact) mass is 635 g/mol. The Balaban J connectivity index is 2.66. The average Bonchev–Trinajstić information content (AvgIpc) is 2.87. The van der Waals surface area contributed by atoms with Crippen molar-refractivity contribution in [1.29, 1.82) is 0 Å². The zero-order valence-corrected chi connectivity index (χ0v) is 25.2. The van der Waals surface area contributed by atoms with Crippen molar-refractivity contribution in [2.75, 3.05) is 13.2 Å². The van der Waals surface area contributed by atoms with Crippen molar-refractivity contribution in [1.82, 2.24) is 5.32 Å². The molecule has 0 aromatic rings. The first-order valence-corrected chi connectivity index (χ1v) is 13.4. The van der Waals surface area contributed by atoms with E-state index in [0.717, 1.165) is 48.5 Å². The van der Waals surface area contributed by atoms with Crippen LogP contribution in [0.25, 0.3) is 0 Å². The molecule has 2 aliphatic heterocycles. The minimum Gasteiger partial charge on any atom is -0.463 e. The molecule has 10 atom stereocenters. The highest BCUT2D eigenvalue weighted by atomic mass is 16.8. The standard InChI is InChI=1S/C26H37NO17/c1-10(28)27-19-22(39-14(5)32)20(17(42-25(19)35)8-36-11(2)29)44-26-24(41-16(7)34)23(40-15(6)33)21(38-13(4)31)18(43-26)9-37-12(3)30/h17-26,35H,8-9H2,1-7H3,(H,27,28)/t17-,18-,19-,20+,21-,22-,23+,24+,25+,26+/m0/s1. The van der Waals surface area contributed by atoms with Crippen LogP contribution >= 0.6 is 0 Å². The van der Waals surface area contributed by atoms with Crippen LogP contribution in [0.15, 0.2) is 0 Å². The number of hydrogen-bond donors (Lipinski definition) is 2. The maximum absolute atomic E-state index is 12.2. The molecule has 2 N–H and O–H groups in total. The first kappa shape index (κ1) is 36.3. The van der Waals surface area contributed by atoms with Gasteiger partial charge >= 0.3 is 35.8 Å². The van der Waals surface area contributed by atoms with E-state index >= 15 is 0 Å². The fraction of sp³-hybridized carbons (Fsp3) is 0.731. The van der Waals surface area contributed by atoms with Crippen LogP contribution in [0.4, 0.5) is 0 Å². The van der Waals surface area contributed by atoms with Crippen LogP contribution < -0.4 is 5.32 Å². The van der Waals surface area contributed by atoms with Crippen molar-refractivity contribution < 1.29 is 81.3 Å². The SMILES string of the molecule is CC(=O)N[C@H]1[C@H](OC(C)=O)[C@H](O[C@H]2O[C@@H](COC(C)=O)[C@H](OC(C)=O)[C@@H](OC(C)=O)[C@H]2OC(C)=O)[C@H](COC(C)=O)O[C@H]1O. The molecule has 44 heavy (non-hydrogen) atoms. The summed E-state index contributed by atoms with van der Waals surface area (Å²) in [6.45, 7) is 6.33. The van der Waals surface area contributed by atoms with Gasteiger partial charge in [0, 0.05) is 48.5 Å². The fourth-order valence-electron chi connectivity index (χ4n) is 4.59. The number of ether oxygens (including phenoxy) is 9. The van der Waals surface area contributed by atoms with Crippen LogP contribution in [-0.4, -0.2) is 121 Å². The number of carbonyl (C=O) groups excluding carboxylic acids is 7. The molecule has 2 heterocycles. The van der Waals surface area contributed by atoms with Gasteiger partial charge in [0.05, 0.1) is 0 Å². The second-order valence-electron chi connectivity index (χ2n) is 9.84. The van der Waals surface area contributed by atoms with Gasteiger partial charge < -0.3 is 53.1 Å². The molecule has 18 heteroatoms. The van der Waals surface area contributed by atoms with Gasteiger partial charge in [0.1, 0.15) is 37.6 Å². The number of rotatable bonds is 11. The average molecular weight is 636 g/mol. The molecule has 0 saturated carbocycles. The Hall–Kier alpha value is -3.87. The smallest absolute Gasteiger partial charge is 0.303 e. The van der Waals surface area contributed by atoms with Gasteiger partial charge in [0.25, 0.3) is 0 Å². The molecule has 2 fully saturated rings. The number of esters is 6. The third kappa shape index (κ3) is 10.7. The van der Waals surface area contributed by atoms with Gasteiger partial charge in [0.15, 0.2) is 37.0 Å². The lowest BCUT2D eigenvalue weighted by atomic mass is 9.95. The number of aliphatic hydroxyl groups is 1. The van der Waals surface area contributed by atoms with Crippen LogP contribution in [0.5, 0.6) is 0 Å². The Kier molecular flexibility index (Phi) is 13.4. The van der Waals surface area contributed by atoms with Crippen LogP contribution in [0.3, 0.4) is 0 Å². The molecule has 0 spiro atoms. The van der Waals surface area contributed by atoms with E-state index in [0.29, 0.717) is 0 Å². The highest BCUT2D eigenvalue weighted by Crippen LogP contribution is 2.34.